The number of aliphatic carboxylic acids is 1. The lowest BCUT2D eigenvalue weighted by molar-refractivity contribution is -0.141. The van der Waals surface area contributed by atoms with Gasteiger partial charge in [-0.15, -0.1) is 0 Å². The summed E-state index contributed by atoms with van der Waals surface area (Å²) < 4.78 is 4.52. The van der Waals surface area contributed by atoms with Crippen molar-refractivity contribution in [1.29, 1.82) is 0 Å². The van der Waals surface area contributed by atoms with Crippen molar-refractivity contribution in [1.82, 2.24) is 0 Å². The van der Waals surface area contributed by atoms with Crippen LogP contribution in [0.3, 0.4) is 0 Å². The first-order chi connectivity index (χ1) is 7.61. The SMILES string of the molecule is CCCCCC/C=C(/CC(=O)O)C(=O)OC. The first-order valence-corrected chi connectivity index (χ1v) is 5.61. The Balaban J connectivity index is 4.12. The first-order valence-electron chi connectivity index (χ1n) is 5.61. The quantitative estimate of drug-likeness (QED) is 0.394. The number of methoxy groups -OCH3 is 1. The number of hydrogen-bond acceptors (Lipinski definition) is 3. The number of ether oxygens (including phenoxy) is 1. The van der Waals surface area contributed by atoms with Crippen LogP contribution in [-0.4, -0.2) is 24.2 Å². The van der Waals surface area contributed by atoms with Crippen LogP contribution in [0.15, 0.2) is 11.6 Å². The summed E-state index contributed by atoms with van der Waals surface area (Å²) in [6, 6.07) is 0. The minimum atomic E-state index is -1.01. The molecule has 92 valence electrons. The molecule has 0 amide bonds. The zero-order valence-corrected chi connectivity index (χ0v) is 9.99. The largest absolute Gasteiger partial charge is 0.481 e. The summed E-state index contributed by atoms with van der Waals surface area (Å²) in [6.07, 6.45) is 6.55. The number of hydrogen-bond donors (Lipinski definition) is 1. The molecule has 0 aliphatic rings. The van der Waals surface area contributed by atoms with Crippen molar-refractivity contribution in [3.05, 3.63) is 11.6 Å². The fraction of sp³-hybridized carbons (Fsp3) is 0.667. The van der Waals surface area contributed by atoms with Gasteiger partial charge >= 0.3 is 11.9 Å². The Morgan fingerprint density at radius 2 is 1.94 bits per heavy atom. The van der Waals surface area contributed by atoms with Crippen molar-refractivity contribution < 1.29 is 19.4 Å². The summed E-state index contributed by atoms with van der Waals surface area (Å²) >= 11 is 0. The van der Waals surface area contributed by atoms with E-state index in [0.29, 0.717) is 0 Å². The van der Waals surface area contributed by atoms with Gasteiger partial charge in [-0.25, -0.2) is 4.79 Å². The summed E-state index contributed by atoms with van der Waals surface area (Å²) in [5, 5.41) is 8.62. The standard InChI is InChI=1S/C12H20O4/c1-3-4-5-6-7-8-10(9-11(13)14)12(15)16-2/h8H,3-7,9H2,1-2H3,(H,13,14)/b10-8-. The predicted octanol–water partition coefficient (Wildman–Crippen LogP) is 2.53. The summed E-state index contributed by atoms with van der Waals surface area (Å²) in [5.74, 6) is -1.55. The van der Waals surface area contributed by atoms with Crippen LogP contribution in [0.4, 0.5) is 0 Å². The van der Waals surface area contributed by atoms with Crippen molar-refractivity contribution in [2.45, 2.75) is 45.4 Å². The van der Waals surface area contributed by atoms with Gasteiger partial charge in [0.05, 0.1) is 13.5 Å². The normalized spacial score (nSPS) is 11.2. The maximum atomic E-state index is 11.2. The molecule has 0 aliphatic heterocycles. The molecule has 0 rings (SSSR count). The Kier molecular flexibility index (Phi) is 8.21. The molecule has 0 bridgehead atoms. The molecule has 0 aromatic carbocycles. The van der Waals surface area contributed by atoms with E-state index in [2.05, 4.69) is 11.7 Å². The number of rotatable bonds is 8. The molecule has 0 unspecified atom stereocenters. The van der Waals surface area contributed by atoms with E-state index in [1.54, 1.807) is 6.08 Å². The van der Waals surface area contributed by atoms with Gasteiger partial charge < -0.3 is 9.84 Å². The second-order valence-electron chi connectivity index (χ2n) is 3.64. The van der Waals surface area contributed by atoms with Gasteiger partial charge in [0.1, 0.15) is 0 Å². The highest BCUT2D eigenvalue weighted by atomic mass is 16.5. The van der Waals surface area contributed by atoms with E-state index in [-0.39, 0.29) is 12.0 Å². The van der Waals surface area contributed by atoms with Crippen molar-refractivity contribution in [2.24, 2.45) is 0 Å². The monoisotopic (exact) mass is 228 g/mol. The molecule has 0 saturated heterocycles. The summed E-state index contributed by atoms with van der Waals surface area (Å²) in [5.41, 5.74) is 0.242. The Labute approximate surface area is 96.3 Å². The zero-order chi connectivity index (χ0) is 12.4. The average Bonchev–Trinajstić information content (AvgIpc) is 2.25. The number of unbranched alkanes of at least 4 members (excludes halogenated alkanes) is 4. The van der Waals surface area contributed by atoms with Crippen LogP contribution in [0.5, 0.6) is 0 Å². The second kappa shape index (κ2) is 8.95. The minimum Gasteiger partial charge on any atom is -0.481 e. The highest BCUT2D eigenvalue weighted by molar-refractivity contribution is 5.93. The smallest absolute Gasteiger partial charge is 0.333 e. The molecule has 0 aromatic heterocycles. The van der Waals surface area contributed by atoms with Crippen LogP contribution >= 0.6 is 0 Å². The molecule has 0 aliphatic carbocycles. The van der Waals surface area contributed by atoms with Crippen molar-refractivity contribution in [2.75, 3.05) is 7.11 Å². The molecule has 0 spiro atoms. The summed E-state index contributed by atoms with van der Waals surface area (Å²) in [6.45, 7) is 2.13. The number of carbonyl (C=O) groups is 2. The lowest BCUT2D eigenvalue weighted by atomic mass is 10.1. The molecular weight excluding hydrogens is 208 g/mol. The molecule has 0 radical (unpaired) electrons. The van der Waals surface area contributed by atoms with Gasteiger partial charge in [0.25, 0.3) is 0 Å². The number of allylic oxidation sites excluding steroid dienone is 1. The van der Waals surface area contributed by atoms with E-state index >= 15 is 0 Å². The average molecular weight is 228 g/mol. The van der Waals surface area contributed by atoms with Crippen LogP contribution in [0.2, 0.25) is 0 Å². The van der Waals surface area contributed by atoms with Crippen LogP contribution < -0.4 is 0 Å². The van der Waals surface area contributed by atoms with Crippen molar-refractivity contribution >= 4 is 11.9 Å². The predicted molar refractivity (Wildman–Crippen MR) is 61.1 cm³/mol. The topological polar surface area (TPSA) is 63.6 Å². The van der Waals surface area contributed by atoms with Gasteiger partial charge in [-0.05, 0) is 12.8 Å². The Morgan fingerprint density at radius 1 is 1.25 bits per heavy atom. The third-order valence-corrected chi connectivity index (χ3v) is 2.24. The number of carboxylic acids is 1. The van der Waals surface area contributed by atoms with E-state index in [0.717, 1.165) is 25.7 Å². The molecule has 0 saturated carbocycles. The fourth-order valence-electron chi connectivity index (χ4n) is 1.37. The minimum absolute atomic E-state index is 0.242. The van der Waals surface area contributed by atoms with E-state index in [1.165, 1.54) is 13.5 Å². The van der Waals surface area contributed by atoms with Crippen LogP contribution in [-0.2, 0) is 14.3 Å². The lowest BCUT2D eigenvalue weighted by Crippen LogP contribution is -2.09. The van der Waals surface area contributed by atoms with Gasteiger partial charge in [0.15, 0.2) is 0 Å². The second-order valence-corrected chi connectivity index (χ2v) is 3.64. The summed E-state index contributed by atoms with van der Waals surface area (Å²) in [4.78, 5) is 21.7. The Hall–Kier alpha value is -1.32. The van der Waals surface area contributed by atoms with E-state index in [1.807, 2.05) is 0 Å². The van der Waals surface area contributed by atoms with Gasteiger partial charge in [-0.1, -0.05) is 32.3 Å². The highest BCUT2D eigenvalue weighted by Gasteiger charge is 2.12. The van der Waals surface area contributed by atoms with Gasteiger partial charge in [0, 0.05) is 5.57 Å². The Morgan fingerprint density at radius 3 is 2.44 bits per heavy atom. The van der Waals surface area contributed by atoms with Crippen molar-refractivity contribution in [3.63, 3.8) is 0 Å². The zero-order valence-electron chi connectivity index (χ0n) is 9.99. The molecule has 1 N–H and O–H groups in total. The first kappa shape index (κ1) is 14.7. The molecule has 0 aromatic rings. The molecular formula is C12H20O4. The molecule has 0 atom stereocenters. The van der Waals surface area contributed by atoms with Crippen molar-refractivity contribution in [3.8, 4) is 0 Å². The van der Waals surface area contributed by atoms with Gasteiger partial charge in [0.2, 0.25) is 0 Å². The number of carbonyl (C=O) groups excluding carboxylic acids is 1. The van der Waals surface area contributed by atoms with Gasteiger partial charge in [-0.2, -0.15) is 0 Å². The summed E-state index contributed by atoms with van der Waals surface area (Å²) in [7, 11) is 1.26. The number of carboxylic acid groups (broad SMARTS) is 1. The van der Waals surface area contributed by atoms with Crippen LogP contribution in [0, 0.1) is 0 Å². The van der Waals surface area contributed by atoms with E-state index < -0.39 is 11.9 Å². The molecule has 0 heterocycles. The van der Waals surface area contributed by atoms with E-state index in [9.17, 15) is 9.59 Å². The highest BCUT2D eigenvalue weighted by Crippen LogP contribution is 2.09. The maximum absolute atomic E-state index is 11.2. The fourth-order valence-corrected chi connectivity index (χ4v) is 1.37. The molecule has 4 nitrogen and oxygen atoms in total. The van der Waals surface area contributed by atoms with Crippen LogP contribution in [0.1, 0.15) is 45.4 Å². The third kappa shape index (κ3) is 7.04. The lowest BCUT2D eigenvalue weighted by Gasteiger charge is -2.02. The third-order valence-electron chi connectivity index (χ3n) is 2.24. The molecule has 0 fully saturated rings. The van der Waals surface area contributed by atoms with Gasteiger partial charge in [-0.3, -0.25) is 4.79 Å². The van der Waals surface area contributed by atoms with E-state index in [4.69, 9.17) is 5.11 Å². The molecule has 16 heavy (non-hydrogen) atoms. The molecule has 4 heteroatoms. The number of esters is 1. The Bertz CT molecular complexity index is 256. The maximum Gasteiger partial charge on any atom is 0.333 e. The van der Waals surface area contributed by atoms with Crippen LogP contribution in [0.25, 0.3) is 0 Å².